The van der Waals surface area contributed by atoms with Crippen LogP contribution >= 0.6 is 15.9 Å². The van der Waals surface area contributed by atoms with Gasteiger partial charge in [-0.25, -0.2) is 9.78 Å². The van der Waals surface area contributed by atoms with Crippen LogP contribution in [0.2, 0.25) is 0 Å². The van der Waals surface area contributed by atoms with Crippen molar-refractivity contribution < 1.29 is 14.3 Å². The molecule has 24 heavy (non-hydrogen) atoms. The van der Waals surface area contributed by atoms with Gasteiger partial charge in [0.2, 0.25) is 0 Å². The average Bonchev–Trinajstić information content (AvgIpc) is 2.60. The number of esters is 1. The standard InChI is InChI=1S/C19H16BrNO3/c1-2-23-19(22)17-11-18(24-12-13-6-4-3-5-7-13)15-10-14(20)8-9-16(15)21-17/h3-11H,2,12H2,1H3. The fourth-order valence-electron chi connectivity index (χ4n) is 2.33. The third-order valence-corrected chi connectivity index (χ3v) is 3.95. The molecule has 0 saturated heterocycles. The van der Waals surface area contributed by atoms with Crippen LogP contribution in [0.25, 0.3) is 10.9 Å². The number of hydrogen-bond donors (Lipinski definition) is 0. The SMILES string of the molecule is CCOC(=O)c1cc(OCc2ccccc2)c2cc(Br)ccc2n1. The van der Waals surface area contributed by atoms with Crippen LogP contribution in [-0.2, 0) is 11.3 Å². The number of hydrogen-bond acceptors (Lipinski definition) is 4. The van der Waals surface area contributed by atoms with Crippen LogP contribution in [0.15, 0.2) is 59.1 Å². The number of ether oxygens (including phenoxy) is 2. The first-order valence-corrected chi connectivity index (χ1v) is 8.41. The van der Waals surface area contributed by atoms with Crippen molar-refractivity contribution >= 4 is 32.8 Å². The third-order valence-electron chi connectivity index (χ3n) is 3.45. The first kappa shape index (κ1) is 16.5. The van der Waals surface area contributed by atoms with Crippen LogP contribution in [0.3, 0.4) is 0 Å². The summed E-state index contributed by atoms with van der Waals surface area (Å²) in [5, 5.41) is 0.841. The minimum atomic E-state index is -0.452. The number of rotatable bonds is 5. The topological polar surface area (TPSA) is 48.4 Å². The van der Waals surface area contributed by atoms with Crippen molar-refractivity contribution in [3.8, 4) is 5.75 Å². The van der Waals surface area contributed by atoms with E-state index in [1.807, 2.05) is 48.5 Å². The molecule has 0 aliphatic carbocycles. The average molecular weight is 386 g/mol. The molecule has 4 nitrogen and oxygen atoms in total. The number of carbonyl (C=O) groups excluding carboxylic acids is 1. The highest BCUT2D eigenvalue weighted by Crippen LogP contribution is 2.29. The molecule has 0 aliphatic heterocycles. The summed E-state index contributed by atoms with van der Waals surface area (Å²) < 4.78 is 11.9. The Hall–Kier alpha value is -2.40. The van der Waals surface area contributed by atoms with Crippen LogP contribution < -0.4 is 4.74 Å². The number of pyridine rings is 1. The van der Waals surface area contributed by atoms with Crippen molar-refractivity contribution in [2.24, 2.45) is 0 Å². The molecular weight excluding hydrogens is 370 g/mol. The highest BCUT2D eigenvalue weighted by Gasteiger charge is 2.14. The van der Waals surface area contributed by atoms with Gasteiger partial charge in [0.15, 0.2) is 5.69 Å². The highest BCUT2D eigenvalue weighted by molar-refractivity contribution is 9.10. The molecule has 0 radical (unpaired) electrons. The largest absolute Gasteiger partial charge is 0.488 e. The Morgan fingerprint density at radius 2 is 1.92 bits per heavy atom. The zero-order chi connectivity index (χ0) is 16.9. The van der Waals surface area contributed by atoms with Crippen LogP contribution in [-0.4, -0.2) is 17.6 Å². The van der Waals surface area contributed by atoms with Gasteiger partial charge in [-0.2, -0.15) is 0 Å². The maximum atomic E-state index is 12.0. The van der Waals surface area contributed by atoms with Crippen molar-refractivity contribution in [1.82, 2.24) is 4.98 Å². The van der Waals surface area contributed by atoms with Gasteiger partial charge >= 0.3 is 5.97 Å². The number of halogens is 1. The Morgan fingerprint density at radius 3 is 2.67 bits per heavy atom. The van der Waals surface area contributed by atoms with E-state index in [9.17, 15) is 4.79 Å². The molecule has 0 N–H and O–H groups in total. The fourth-order valence-corrected chi connectivity index (χ4v) is 2.69. The molecule has 0 amide bonds. The normalized spacial score (nSPS) is 10.6. The summed E-state index contributed by atoms with van der Waals surface area (Å²) in [5.41, 5.74) is 1.98. The Bertz CT molecular complexity index is 865. The number of benzene rings is 2. The Kier molecular flexibility index (Phi) is 5.11. The fraction of sp³-hybridized carbons (Fsp3) is 0.158. The van der Waals surface area contributed by atoms with E-state index in [0.29, 0.717) is 24.5 Å². The maximum absolute atomic E-state index is 12.0. The van der Waals surface area contributed by atoms with Gasteiger partial charge in [-0.15, -0.1) is 0 Å². The van der Waals surface area contributed by atoms with Gasteiger partial charge in [-0.3, -0.25) is 0 Å². The first-order chi connectivity index (χ1) is 11.7. The minimum Gasteiger partial charge on any atom is -0.488 e. The van der Waals surface area contributed by atoms with E-state index in [0.717, 1.165) is 15.4 Å². The van der Waals surface area contributed by atoms with E-state index < -0.39 is 5.97 Å². The second-order valence-electron chi connectivity index (χ2n) is 5.16. The monoisotopic (exact) mass is 385 g/mol. The molecule has 0 aliphatic rings. The van der Waals surface area contributed by atoms with Crippen molar-refractivity contribution in [2.45, 2.75) is 13.5 Å². The molecule has 2 aromatic carbocycles. The molecule has 0 unspecified atom stereocenters. The lowest BCUT2D eigenvalue weighted by molar-refractivity contribution is 0.0519. The summed E-state index contributed by atoms with van der Waals surface area (Å²) in [6, 6.07) is 17.2. The molecule has 122 valence electrons. The van der Waals surface area contributed by atoms with Gasteiger partial charge in [-0.05, 0) is 30.7 Å². The van der Waals surface area contributed by atoms with Crippen LogP contribution in [0.5, 0.6) is 5.75 Å². The molecule has 0 saturated carbocycles. The zero-order valence-electron chi connectivity index (χ0n) is 13.2. The molecule has 0 spiro atoms. The number of aromatic nitrogens is 1. The van der Waals surface area contributed by atoms with E-state index in [1.54, 1.807) is 13.0 Å². The van der Waals surface area contributed by atoms with Gasteiger partial charge in [0.1, 0.15) is 12.4 Å². The lowest BCUT2D eigenvalue weighted by Crippen LogP contribution is -2.08. The summed E-state index contributed by atoms with van der Waals surface area (Å²) in [6.45, 7) is 2.48. The minimum absolute atomic E-state index is 0.245. The lowest BCUT2D eigenvalue weighted by atomic mass is 10.1. The summed E-state index contributed by atoms with van der Waals surface area (Å²) in [7, 11) is 0. The highest BCUT2D eigenvalue weighted by atomic mass is 79.9. The van der Waals surface area contributed by atoms with Crippen molar-refractivity contribution in [1.29, 1.82) is 0 Å². The van der Waals surface area contributed by atoms with E-state index in [4.69, 9.17) is 9.47 Å². The molecule has 1 aromatic heterocycles. The maximum Gasteiger partial charge on any atom is 0.357 e. The van der Waals surface area contributed by atoms with Crippen LogP contribution in [0.1, 0.15) is 23.0 Å². The van der Waals surface area contributed by atoms with Crippen molar-refractivity contribution in [2.75, 3.05) is 6.61 Å². The van der Waals surface area contributed by atoms with Crippen LogP contribution in [0.4, 0.5) is 0 Å². The van der Waals surface area contributed by atoms with Gasteiger partial charge in [0, 0.05) is 15.9 Å². The Labute approximate surface area is 148 Å². The molecule has 3 rings (SSSR count). The molecule has 5 heteroatoms. The smallest absolute Gasteiger partial charge is 0.357 e. The molecule has 0 fully saturated rings. The summed E-state index contributed by atoms with van der Waals surface area (Å²) in [6.07, 6.45) is 0. The van der Waals surface area contributed by atoms with Gasteiger partial charge in [0.25, 0.3) is 0 Å². The van der Waals surface area contributed by atoms with Gasteiger partial charge < -0.3 is 9.47 Å². The van der Waals surface area contributed by atoms with Crippen molar-refractivity contribution in [3.05, 3.63) is 70.3 Å². The van der Waals surface area contributed by atoms with E-state index >= 15 is 0 Å². The quantitative estimate of drug-likeness (QED) is 0.594. The summed E-state index contributed by atoms with van der Waals surface area (Å²) in [4.78, 5) is 16.4. The van der Waals surface area contributed by atoms with Crippen LogP contribution in [0, 0.1) is 0 Å². The molecule has 0 bridgehead atoms. The lowest BCUT2D eigenvalue weighted by Gasteiger charge is -2.11. The van der Waals surface area contributed by atoms with E-state index in [-0.39, 0.29) is 5.69 Å². The predicted octanol–water partition coefficient (Wildman–Crippen LogP) is 4.75. The van der Waals surface area contributed by atoms with Gasteiger partial charge in [-0.1, -0.05) is 46.3 Å². The summed E-state index contributed by atoms with van der Waals surface area (Å²) >= 11 is 3.46. The number of carbonyl (C=O) groups is 1. The summed E-state index contributed by atoms with van der Waals surface area (Å²) in [5.74, 6) is 0.153. The van der Waals surface area contributed by atoms with Gasteiger partial charge in [0.05, 0.1) is 12.1 Å². The molecule has 1 heterocycles. The Morgan fingerprint density at radius 1 is 1.12 bits per heavy atom. The van der Waals surface area contributed by atoms with E-state index in [1.165, 1.54) is 0 Å². The molecule has 3 aromatic rings. The zero-order valence-corrected chi connectivity index (χ0v) is 14.7. The van der Waals surface area contributed by atoms with E-state index in [2.05, 4.69) is 20.9 Å². The molecule has 0 atom stereocenters. The van der Waals surface area contributed by atoms with Crippen molar-refractivity contribution in [3.63, 3.8) is 0 Å². The number of fused-ring (bicyclic) bond motifs is 1. The second kappa shape index (κ2) is 7.45. The third kappa shape index (κ3) is 3.74. The predicted molar refractivity (Wildman–Crippen MR) is 96.2 cm³/mol. The molecular formula is C19H16BrNO3. The Balaban J connectivity index is 1.99. The first-order valence-electron chi connectivity index (χ1n) is 7.61. The number of nitrogens with zero attached hydrogens (tertiary/aromatic N) is 1. The second-order valence-corrected chi connectivity index (χ2v) is 6.08.